The molecule has 1 aliphatic heterocycles. The lowest BCUT2D eigenvalue weighted by Crippen LogP contribution is -2.38. The molecular formula is C18H22N2O2. The summed E-state index contributed by atoms with van der Waals surface area (Å²) in [7, 11) is 0. The van der Waals surface area contributed by atoms with Crippen LogP contribution in [0.1, 0.15) is 27.2 Å². The number of nitrogens with zero attached hydrogens (tertiary/aromatic N) is 2. The van der Waals surface area contributed by atoms with E-state index in [2.05, 4.69) is 4.98 Å². The quantitative estimate of drug-likeness (QED) is 0.854. The van der Waals surface area contributed by atoms with Crippen LogP contribution in [0.15, 0.2) is 36.5 Å². The van der Waals surface area contributed by atoms with E-state index in [1.54, 1.807) is 6.20 Å². The maximum Gasteiger partial charge on any atom is 0.228 e. The van der Waals surface area contributed by atoms with Crippen LogP contribution in [0.3, 0.4) is 0 Å². The lowest BCUT2D eigenvalue weighted by atomic mass is 9.95. The molecule has 0 bridgehead atoms. The first-order valence-electron chi connectivity index (χ1n) is 7.75. The molecule has 2 heterocycles. The van der Waals surface area contributed by atoms with Crippen molar-refractivity contribution in [2.24, 2.45) is 5.41 Å². The van der Waals surface area contributed by atoms with Crippen LogP contribution in [-0.4, -0.2) is 35.0 Å². The van der Waals surface area contributed by atoms with Gasteiger partial charge in [0, 0.05) is 30.0 Å². The number of benzene rings is 1. The summed E-state index contributed by atoms with van der Waals surface area (Å²) in [6.07, 6.45) is 2.68. The van der Waals surface area contributed by atoms with Crippen LogP contribution in [0.4, 0.5) is 0 Å². The molecule has 1 aliphatic rings. The molecule has 0 N–H and O–H groups in total. The number of aromatic nitrogens is 1. The number of para-hydroxylation sites is 1. The monoisotopic (exact) mass is 298 g/mol. The van der Waals surface area contributed by atoms with Crippen LogP contribution in [0.2, 0.25) is 0 Å². The zero-order valence-corrected chi connectivity index (χ0v) is 13.4. The van der Waals surface area contributed by atoms with E-state index in [0.717, 1.165) is 29.6 Å². The van der Waals surface area contributed by atoms with Crippen molar-refractivity contribution in [3.05, 3.63) is 36.5 Å². The molecule has 1 atom stereocenters. The predicted molar refractivity (Wildman–Crippen MR) is 86.8 cm³/mol. The van der Waals surface area contributed by atoms with Crippen LogP contribution in [0.5, 0.6) is 5.75 Å². The van der Waals surface area contributed by atoms with Gasteiger partial charge in [-0.2, -0.15) is 0 Å². The number of amides is 1. The number of hydrogen-bond acceptors (Lipinski definition) is 3. The van der Waals surface area contributed by atoms with E-state index in [9.17, 15) is 4.79 Å². The summed E-state index contributed by atoms with van der Waals surface area (Å²) in [6.45, 7) is 7.28. The molecule has 4 nitrogen and oxygen atoms in total. The van der Waals surface area contributed by atoms with E-state index in [1.807, 2.05) is 56.0 Å². The predicted octanol–water partition coefficient (Wildman–Crippen LogP) is 3.26. The number of likely N-dealkylation sites (tertiary alicyclic amines) is 1. The summed E-state index contributed by atoms with van der Waals surface area (Å²) in [6, 6.07) is 9.90. The second kappa shape index (κ2) is 5.59. The van der Waals surface area contributed by atoms with E-state index in [1.165, 1.54) is 0 Å². The third kappa shape index (κ3) is 2.91. The number of carbonyl (C=O) groups is 1. The third-order valence-electron chi connectivity index (χ3n) is 3.96. The number of fused-ring (bicyclic) bond motifs is 1. The van der Waals surface area contributed by atoms with Gasteiger partial charge in [-0.05, 0) is 12.1 Å². The van der Waals surface area contributed by atoms with Crippen LogP contribution in [0, 0.1) is 5.41 Å². The Morgan fingerprint density at radius 2 is 2.05 bits per heavy atom. The van der Waals surface area contributed by atoms with Crippen molar-refractivity contribution in [1.82, 2.24) is 9.88 Å². The summed E-state index contributed by atoms with van der Waals surface area (Å²) in [5.41, 5.74) is 0.543. The first kappa shape index (κ1) is 14.8. The first-order chi connectivity index (χ1) is 10.4. The highest BCUT2D eigenvalue weighted by Gasteiger charge is 2.33. The number of rotatable bonds is 2. The van der Waals surface area contributed by atoms with Gasteiger partial charge in [-0.15, -0.1) is 0 Å². The van der Waals surface area contributed by atoms with Crippen molar-refractivity contribution >= 4 is 16.8 Å². The van der Waals surface area contributed by atoms with Crippen molar-refractivity contribution in [3.63, 3.8) is 0 Å². The van der Waals surface area contributed by atoms with E-state index >= 15 is 0 Å². The minimum atomic E-state index is -0.337. The van der Waals surface area contributed by atoms with Crippen molar-refractivity contribution in [3.8, 4) is 5.75 Å². The fraction of sp³-hybridized carbons (Fsp3) is 0.444. The summed E-state index contributed by atoms with van der Waals surface area (Å²) in [5.74, 6) is 0.989. The van der Waals surface area contributed by atoms with Crippen molar-refractivity contribution in [2.75, 3.05) is 13.1 Å². The number of hydrogen-bond donors (Lipinski definition) is 0. The third-order valence-corrected chi connectivity index (χ3v) is 3.96. The molecule has 4 heteroatoms. The van der Waals surface area contributed by atoms with Crippen molar-refractivity contribution < 1.29 is 9.53 Å². The summed E-state index contributed by atoms with van der Waals surface area (Å²) in [4.78, 5) is 18.7. The molecule has 1 aromatic carbocycles. The maximum atomic E-state index is 12.3. The lowest BCUT2D eigenvalue weighted by Gasteiger charge is -2.25. The maximum absolute atomic E-state index is 12.3. The number of pyridine rings is 1. The Morgan fingerprint density at radius 3 is 2.82 bits per heavy atom. The zero-order valence-electron chi connectivity index (χ0n) is 13.4. The molecule has 116 valence electrons. The van der Waals surface area contributed by atoms with Gasteiger partial charge in [-0.3, -0.25) is 9.78 Å². The fourth-order valence-corrected chi connectivity index (χ4v) is 2.83. The fourth-order valence-electron chi connectivity index (χ4n) is 2.83. The molecule has 1 saturated heterocycles. The van der Waals surface area contributed by atoms with Gasteiger partial charge in [0.15, 0.2) is 0 Å². The SMILES string of the molecule is CC(C)(C)C(=O)N1CC[C@@H](Oc2cccc3cccnc23)C1. The zero-order chi connectivity index (χ0) is 15.7. The van der Waals surface area contributed by atoms with Gasteiger partial charge in [0.2, 0.25) is 5.91 Å². The molecular weight excluding hydrogens is 276 g/mol. The van der Waals surface area contributed by atoms with E-state index in [0.29, 0.717) is 6.54 Å². The normalized spacial score (nSPS) is 18.7. The van der Waals surface area contributed by atoms with Crippen LogP contribution in [0.25, 0.3) is 10.9 Å². The molecule has 1 fully saturated rings. The van der Waals surface area contributed by atoms with Crippen LogP contribution >= 0.6 is 0 Å². The highest BCUT2D eigenvalue weighted by Crippen LogP contribution is 2.27. The average Bonchev–Trinajstić information content (AvgIpc) is 2.94. The molecule has 0 radical (unpaired) electrons. The van der Waals surface area contributed by atoms with Gasteiger partial charge in [0.05, 0.1) is 6.54 Å². The molecule has 22 heavy (non-hydrogen) atoms. The minimum Gasteiger partial charge on any atom is -0.486 e. The van der Waals surface area contributed by atoms with Gasteiger partial charge >= 0.3 is 0 Å². The molecule has 1 amide bonds. The van der Waals surface area contributed by atoms with Crippen LogP contribution in [-0.2, 0) is 4.79 Å². The highest BCUT2D eigenvalue weighted by molar-refractivity contribution is 5.84. The highest BCUT2D eigenvalue weighted by atomic mass is 16.5. The molecule has 0 saturated carbocycles. The topological polar surface area (TPSA) is 42.4 Å². The van der Waals surface area contributed by atoms with Gasteiger partial charge in [-0.25, -0.2) is 0 Å². The number of ether oxygens (including phenoxy) is 1. The second-order valence-corrected chi connectivity index (χ2v) is 6.86. The smallest absolute Gasteiger partial charge is 0.228 e. The lowest BCUT2D eigenvalue weighted by molar-refractivity contribution is -0.138. The van der Waals surface area contributed by atoms with Crippen molar-refractivity contribution in [2.45, 2.75) is 33.3 Å². The standard InChI is InChI=1S/C18H22N2O2/c1-18(2,3)17(21)20-11-9-14(12-20)22-15-8-4-6-13-7-5-10-19-16(13)15/h4-8,10,14H,9,11-12H2,1-3H3/t14-/m1/s1. The molecule has 0 aliphatic carbocycles. The Balaban J connectivity index is 1.73. The summed E-state index contributed by atoms with van der Waals surface area (Å²) >= 11 is 0. The van der Waals surface area contributed by atoms with Crippen molar-refractivity contribution in [1.29, 1.82) is 0 Å². The molecule has 2 aromatic rings. The molecule has 1 aromatic heterocycles. The van der Waals surface area contributed by atoms with Gasteiger partial charge < -0.3 is 9.64 Å². The second-order valence-electron chi connectivity index (χ2n) is 6.86. The molecule has 0 spiro atoms. The molecule has 0 unspecified atom stereocenters. The van der Waals surface area contributed by atoms with E-state index in [4.69, 9.17) is 4.74 Å². The average molecular weight is 298 g/mol. The Kier molecular flexibility index (Phi) is 3.77. The largest absolute Gasteiger partial charge is 0.486 e. The minimum absolute atomic E-state index is 0.0407. The Morgan fingerprint density at radius 1 is 1.27 bits per heavy atom. The van der Waals surface area contributed by atoms with Gasteiger partial charge in [-0.1, -0.05) is 39.0 Å². The number of carbonyl (C=O) groups excluding carboxylic acids is 1. The van der Waals surface area contributed by atoms with Gasteiger partial charge in [0.1, 0.15) is 17.4 Å². The Bertz CT molecular complexity index is 686. The molecule has 3 rings (SSSR count). The van der Waals surface area contributed by atoms with Crippen LogP contribution < -0.4 is 4.74 Å². The van der Waals surface area contributed by atoms with E-state index < -0.39 is 0 Å². The van der Waals surface area contributed by atoms with E-state index in [-0.39, 0.29) is 17.4 Å². The summed E-state index contributed by atoms with van der Waals surface area (Å²) < 4.78 is 6.13. The van der Waals surface area contributed by atoms with Gasteiger partial charge in [0.25, 0.3) is 0 Å². The first-order valence-corrected chi connectivity index (χ1v) is 7.75. The Labute approximate surface area is 131 Å². The Hall–Kier alpha value is -2.10. The summed E-state index contributed by atoms with van der Waals surface area (Å²) in [5, 5.41) is 1.07.